The zero-order chi connectivity index (χ0) is 56.8. The third-order valence-electron chi connectivity index (χ3n) is 10.2. The fourth-order valence-corrected chi connectivity index (χ4v) is 6.62. The topological polar surface area (TPSA) is 319 Å². The van der Waals surface area contributed by atoms with Crippen LogP contribution < -0.4 is 10.6 Å². The second-order valence-electron chi connectivity index (χ2n) is 20.1. The van der Waals surface area contributed by atoms with Gasteiger partial charge in [-0.25, -0.2) is 9.59 Å². The van der Waals surface area contributed by atoms with E-state index in [-0.39, 0.29) is 41.8 Å². The number of hydrogen-bond acceptors (Lipinski definition) is 21. The zero-order valence-electron chi connectivity index (χ0n) is 45.9. The summed E-state index contributed by atoms with van der Waals surface area (Å²) in [4.78, 5) is 75.7. The molecule has 0 spiro atoms. The van der Waals surface area contributed by atoms with Crippen LogP contribution in [0.2, 0.25) is 0 Å². The number of esters is 2. The number of rotatable bonds is 40. The van der Waals surface area contributed by atoms with Gasteiger partial charge >= 0.3 is 24.1 Å². The average molecular weight is 1090 g/mol. The summed E-state index contributed by atoms with van der Waals surface area (Å²) in [5.41, 5.74) is -1.17. The number of amides is 2. The van der Waals surface area contributed by atoms with E-state index in [2.05, 4.69) is 20.9 Å². The summed E-state index contributed by atoms with van der Waals surface area (Å²) in [6.07, 6.45) is 5.24. The molecular weight excluding hydrogens is 1000 g/mol. The summed E-state index contributed by atoms with van der Waals surface area (Å²) in [6.45, 7) is 23.7. The summed E-state index contributed by atoms with van der Waals surface area (Å²) in [5.74, 6) is -1.09. The van der Waals surface area contributed by atoms with E-state index in [0.717, 1.165) is 18.9 Å². The fourth-order valence-electron chi connectivity index (χ4n) is 6.62. The Bertz CT molecular complexity index is 2000. The highest BCUT2D eigenvalue weighted by Gasteiger charge is 2.31. The average Bonchev–Trinajstić information content (AvgIpc) is 3.78. The number of nitro benzene ring substituents is 2. The predicted molar refractivity (Wildman–Crippen MR) is 272 cm³/mol. The van der Waals surface area contributed by atoms with Crippen LogP contribution in [0, 0.1) is 25.6 Å². The summed E-state index contributed by atoms with van der Waals surface area (Å²) >= 11 is 0. The lowest BCUT2D eigenvalue weighted by Gasteiger charge is -2.32. The lowest BCUT2D eigenvalue weighted by molar-refractivity contribution is -0.394. The van der Waals surface area contributed by atoms with E-state index in [1.54, 1.807) is 46.2 Å². The number of urea groups is 1. The Hall–Kier alpha value is -5.57. The first kappa shape index (κ1) is 68.4. The van der Waals surface area contributed by atoms with Crippen molar-refractivity contribution >= 4 is 35.5 Å². The Morgan fingerprint density at radius 2 is 1.13 bits per heavy atom. The second-order valence-corrected chi connectivity index (χ2v) is 20.1. The normalized spacial score (nSPS) is 12.4. The molecule has 0 bridgehead atoms. The van der Waals surface area contributed by atoms with Crippen molar-refractivity contribution in [2.45, 2.75) is 144 Å². The molecule has 0 fully saturated rings. The van der Waals surface area contributed by atoms with Crippen molar-refractivity contribution in [3.05, 3.63) is 55.9 Å². The number of non-ortho nitro benzene ring substituents is 1. The summed E-state index contributed by atoms with van der Waals surface area (Å²) in [7, 11) is 0. The number of aromatic nitrogens is 3. The zero-order valence-corrected chi connectivity index (χ0v) is 45.9. The van der Waals surface area contributed by atoms with Crippen molar-refractivity contribution in [1.82, 2.24) is 25.6 Å². The van der Waals surface area contributed by atoms with Crippen molar-refractivity contribution in [2.75, 3.05) is 99.1 Å². The highest BCUT2D eigenvalue weighted by molar-refractivity contribution is 5.84. The summed E-state index contributed by atoms with van der Waals surface area (Å²) in [5, 5.41) is 36.3. The standard InChI is InChI=1S/C49H83N7O17.CO2/c1-47(2,3)43(51-46(59)50-41(45(58)73-49(7,8)9)17-18-44(57)72-48(4,5)6)14-10-11-19-54-36-39(52-53-54)37-71-34-33-70-32-31-69-30-29-68-28-27-67-26-25-66-24-23-65-22-21-64-20-12-13-38-15-16-40(55(60)61)35-42(38)56(62)63;2-1-3/h15-16,35-36,41,43H,10-14,17-34,37H2,1-9H3,(H2,50,51,59);/t41-,43-;/m0./s1. The van der Waals surface area contributed by atoms with E-state index in [1.165, 1.54) is 12.1 Å². The van der Waals surface area contributed by atoms with E-state index in [9.17, 15) is 34.6 Å². The molecule has 26 nitrogen and oxygen atoms in total. The Kier molecular flexibility index (Phi) is 35.0. The minimum atomic E-state index is -1.03. The van der Waals surface area contributed by atoms with Crippen molar-refractivity contribution in [3.63, 3.8) is 0 Å². The smallest absolute Gasteiger partial charge is 0.373 e. The molecule has 76 heavy (non-hydrogen) atoms. The number of ether oxygens (including phenoxy) is 10. The summed E-state index contributed by atoms with van der Waals surface area (Å²) in [6, 6.07) is 1.89. The van der Waals surface area contributed by atoms with Gasteiger partial charge in [0.2, 0.25) is 0 Å². The van der Waals surface area contributed by atoms with E-state index in [1.807, 2.05) is 27.0 Å². The Morgan fingerprint density at radius 3 is 1.59 bits per heavy atom. The maximum atomic E-state index is 13.2. The van der Waals surface area contributed by atoms with Gasteiger partial charge in [-0.3, -0.25) is 29.7 Å². The molecular formula is C50H83N7O19. The molecule has 0 saturated carbocycles. The van der Waals surface area contributed by atoms with Crippen LogP contribution in [-0.4, -0.2) is 171 Å². The van der Waals surface area contributed by atoms with Crippen LogP contribution in [0.25, 0.3) is 0 Å². The molecule has 0 aliphatic rings. The van der Waals surface area contributed by atoms with Crippen LogP contribution >= 0.6 is 0 Å². The lowest BCUT2D eigenvalue weighted by Crippen LogP contribution is -2.53. The van der Waals surface area contributed by atoms with Crippen LogP contribution in [0.15, 0.2) is 24.4 Å². The number of carbonyl (C=O) groups is 3. The van der Waals surface area contributed by atoms with E-state index >= 15 is 0 Å². The summed E-state index contributed by atoms with van der Waals surface area (Å²) < 4.78 is 57.0. The van der Waals surface area contributed by atoms with Gasteiger partial charge in [0.1, 0.15) is 22.9 Å². The van der Waals surface area contributed by atoms with Gasteiger partial charge in [-0.2, -0.15) is 9.59 Å². The van der Waals surface area contributed by atoms with Crippen molar-refractivity contribution in [3.8, 4) is 0 Å². The Balaban J connectivity index is 0.00000938. The second kappa shape index (κ2) is 38.9. The van der Waals surface area contributed by atoms with E-state index in [4.69, 9.17) is 57.0 Å². The monoisotopic (exact) mass is 1090 g/mol. The van der Waals surface area contributed by atoms with Gasteiger partial charge < -0.3 is 58.0 Å². The highest BCUT2D eigenvalue weighted by atomic mass is 16.6. The van der Waals surface area contributed by atoms with Crippen LogP contribution in [0.4, 0.5) is 16.2 Å². The van der Waals surface area contributed by atoms with Crippen LogP contribution in [0.1, 0.15) is 112 Å². The van der Waals surface area contributed by atoms with Gasteiger partial charge in [0.15, 0.2) is 0 Å². The molecule has 2 rings (SSSR count). The largest absolute Gasteiger partial charge is 0.460 e. The Labute approximate surface area is 445 Å². The molecule has 0 aliphatic heterocycles. The molecule has 26 heteroatoms. The van der Waals surface area contributed by atoms with E-state index < -0.39 is 45.1 Å². The fraction of sp³-hybridized carbons (Fsp3) is 0.760. The van der Waals surface area contributed by atoms with Crippen LogP contribution in [0.3, 0.4) is 0 Å². The van der Waals surface area contributed by atoms with Crippen LogP contribution in [-0.2, 0) is 86.1 Å². The van der Waals surface area contributed by atoms with Crippen LogP contribution in [0.5, 0.6) is 0 Å². The van der Waals surface area contributed by atoms with Gasteiger partial charge in [0, 0.05) is 37.2 Å². The SMILES string of the molecule is CC(C)(C)OC(=O)CC[C@H](NC(=O)N[C@@H](CCCCn1cc(COCCOCCOCCOCCOCCOCCOCCOCCCc2ccc([N+](=O)[O-])cc2[N+](=O)[O-])nn1)C(C)(C)C)C(=O)OC(C)(C)C.O=C=O. The molecule has 2 aromatic rings. The first-order chi connectivity index (χ1) is 35.9. The molecule has 0 aliphatic carbocycles. The van der Waals surface area contributed by atoms with Gasteiger partial charge in [-0.1, -0.05) is 26.0 Å². The molecule has 2 N–H and O–H groups in total. The first-order valence-electron chi connectivity index (χ1n) is 25.4. The molecule has 0 radical (unpaired) electrons. The number of unbranched alkanes of at least 4 members (excludes halogenated alkanes) is 1. The molecule has 2 amide bonds. The third kappa shape index (κ3) is 35.6. The Morgan fingerprint density at radius 1 is 0.645 bits per heavy atom. The number of aryl methyl sites for hydroxylation is 2. The maximum absolute atomic E-state index is 13.2. The first-order valence-corrected chi connectivity index (χ1v) is 25.4. The number of carbonyl (C=O) groups excluding carboxylic acids is 5. The van der Waals surface area contributed by atoms with Crippen molar-refractivity contribution < 1.29 is 81.2 Å². The van der Waals surface area contributed by atoms with Crippen molar-refractivity contribution in [1.29, 1.82) is 0 Å². The molecule has 1 aromatic heterocycles. The van der Waals surface area contributed by atoms with Gasteiger partial charge in [-0.05, 0) is 91.5 Å². The minimum Gasteiger partial charge on any atom is -0.460 e. The maximum Gasteiger partial charge on any atom is 0.373 e. The molecule has 1 aromatic carbocycles. The number of nitro groups is 2. The number of nitrogens with one attached hydrogen (secondary N) is 2. The van der Waals surface area contributed by atoms with Gasteiger partial charge in [0.05, 0.1) is 121 Å². The highest BCUT2D eigenvalue weighted by Crippen LogP contribution is 2.26. The van der Waals surface area contributed by atoms with Gasteiger partial charge in [-0.15, -0.1) is 5.10 Å². The van der Waals surface area contributed by atoms with Gasteiger partial charge in [0.25, 0.3) is 11.4 Å². The van der Waals surface area contributed by atoms with Crippen molar-refractivity contribution in [2.24, 2.45) is 5.41 Å². The molecule has 0 unspecified atom stereocenters. The molecule has 2 atom stereocenters. The number of benzene rings is 1. The third-order valence-corrected chi connectivity index (χ3v) is 10.2. The molecule has 0 saturated heterocycles. The molecule has 1 heterocycles. The number of hydrogen-bond donors (Lipinski definition) is 2. The predicted octanol–water partition coefficient (Wildman–Crippen LogP) is 5.49. The minimum absolute atomic E-state index is 0.0362. The lowest BCUT2D eigenvalue weighted by atomic mass is 9.84. The molecule has 432 valence electrons. The number of nitrogens with zero attached hydrogens (tertiary/aromatic N) is 5. The van der Waals surface area contributed by atoms with E-state index in [0.29, 0.717) is 143 Å². The quantitative estimate of drug-likeness (QED) is 0.0360.